The van der Waals surface area contributed by atoms with Crippen molar-refractivity contribution in [3.8, 4) is 0 Å². The van der Waals surface area contributed by atoms with Crippen molar-refractivity contribution in [2.75, 3.05) is 69.1 Å². The van der Waals surface area contributed by atoms with Crippen LogP contribution in [0.2, 0.25) is 0 Å². The van der Waals surface area contributed by atoms with E-state index in [2.05, 4.69) is 5.32 Å². The minimum absolute atomic E-state index is 0.0656. The number of anilines is 1. The summed E-state index contributed by atoms with van der Waals surface area (Å²) in [5.41, 5.74) is -1.29. The molecule has 166 valence electrons. The lowest BCUT2D eigenvalue weighted by atomic mass is 10.1. The third-order valence-corrected chi connectivity index (χ3v) is 5.08. The van der Waals surface area contributed by atoms with Gasteiger partial charge in [0.2, 0.25) is 0 Å². The highest BCUT2D eigenvalue weighted by atomic mass is 35.5. The quantitative estimate of drug-likeness (QED) is 0.275. The van der Waals surface area contributed by atoms with Gasteiger partial charge in [-0.1, -0.05) is 0 Å². The first-order chi connectivity index (χ1) is 14.4. The molecule has 1 heterocycles. The predicted molar refractivity (Wildman–Crippen MR) is 112 cm³/mol. The van der Waals surface area contributed by atoms with Gasteiger partial charge in [-0.05, 0) is 6.07 Å². The van der Waals surface area contributed by atoms with Crippen molar-refractivity contribution in [1.82, 2.24) is 5.32 Å². The van der Waals surface area contributed by atoms with Crippen LogP contribution in [0.5, 0.6) is 0 Å². The molecule has 1 aliphatic heterocycles. The number of benzene rings is 1. The number of nitrogens with zero attached hydrogens (tertiary/aromatic N) is 3. The van der Waals surface area contributed by atoms with Crippen LogP contribution in [0.3, 0.4) is 0 Å². The van der Waals surface area contributed by atoms with Crippen LogP contribution in [-0.4, -0.2) is 80.0 Å². The van der Waals surface area contributed by atoms with Gasteiger partial charge in [0, 0.05) is 24.8 Å². The molecule has 2 rings (SSSR count). The molecule has 0 aromatic heterocycles. The molecule has 0 radical (unpaired) electrons. The molecule has 1 saturated heterocycles. The number of carbonyl (C=O) groups excluding carboxylic acids is 1. The summed E-state index contributed by atoms with van der Waals surface area (Å²) in [5.74, 6) is -0.341. The molecule has 30 heavy (non-hydrogen) atoms. The molecule has 1 aromatic carbocycles. The van der Waals surface area contributed by atoms with E-state index in [1.807, 2.05) is 0 Å². The number of carbonyl (C=O) groups is 1. The molecule has 0 unspecified atom stereocenters. The number of morpholine rings is 1. The van der Waals surface area contributed by atoms with E-state index in [-0.39, 0.29) is 36.1 Å². The lowest BCUT2D eigenvalue weighted by Crippen LogP contribution is -3.14. The van der Waals surface area contributed by atoms with Crippen molar-refractivity contribution in [2.24, 2.45) is 0 Å². The Labute approximate surface area is 183 Å². The Kier molecular flexibility index (Phi) is 9.50. The molecule has 0 aliphatic carbocycles. The molecule has 0 spiro atoms. The van der Waals surface area contributed by atoms with Crippen LogP contribution in [0.1, 0.15) is 10.4 Å². The number of nitrogens with one attached hydrogen (secondary N) is 2. The van der Waals surface area contributed by atoms with Gasteiger partial charge in [-0.2, -0.15) is 0 Å². The molecule has 0 saturated carbocycles. The third-order valence-electron chi connectivity index (χ3n) is 4.74. The zero-order valence-electron chi connectivity index (χ0n) is 16.3. The highest BCUT2D eigenvalue weighted by molar-refractivity contribution is 6.18. The number of hydrogen-bond acceptors (Lipinski definition) is 7. The van der Waals surface area contributed by atoms with E-state index < -0.39 is 27.1 Å². The van der Waals surface area contributed by atoms with Crippen molar-refractivity contribution < 1.29 is 24.3 Å². The molecule has 0 atom stereocenters. The number of alkyl halides is 2. The van der Waals surface area contributed by atoms with Gasteiger partial charge in [0.1, 0.15) is 24.3 Å². The molecule has 11 nitrogen and oxygen atoms in total. The van der Waals surface area contributed by atoms with E-state index in [0.29, 0.717) is 26.3 Å². The summed E-state index contributed by atoms with van der Waals surface area (Å²) in [7, 11) is 0. The van der Waals surface area contributed by atoms with E-state index in [9.17, 15) is 25.0 Å². The largest absolute Gasteiger partial charge is 0.370 e. The second kappa shape index (κ2) is 11.8. The number of nitro benzene ring substituents is 2. The van der Waals surface area contributed by atoms with Crippen molar-refractivity contribution in [1.29, 1.82) is 0 Å². The number of halogens is 2. The average molecular weight is 465 g/mol. The normalized spacial score (nSPS) is 14.3. The van der Waals surface area contributed by atoms with E-state index in [1.54, 1.807) is 0 Å². The Morgan fingerprint density at radius 2 is 1.70 bits per heavy atom. The molecule has 1 amide bonds. The van der Waals surface area contributed by atoms with Gasteiger partial charge in [-0.15, -0.1) is 23.2 Å². The predicted octanol–water partition coefficient (Wildman–Crippen LogP) is 0.432. The van der Waals surface area contributed by atoms with Crippen LogP contribution in [0.25, 0.3) is 0 Å². The maximum Gasteiger partial charge on any atom is 0.299 e. The summed E-state index contributed by atoms with van der Waals surface area (Å²) >= 11 is 11.6. The monoisotopic (exact) mass is 464 g/mol. The minimum Gasteiger partial charge on any atom is -0.370 e. The Morgan fingerprint density at radius 3 is 2.23 bits per heavy atom. The number of ether oxygens (including phenoxy) is 1. The zero-order valence-corrected chi connectivity index (χ0v) is 17.8. The van der Waals surface area contributed by atoms with Crippen LogP contribution in [0.15, 0.2) is 12.1 Å². The third kappa shape index (κ3) is 6.39. The molecule has 1 fully saturated rings. The first kappa shape index (κ1) is 24.1. The van der Waals surface area contributed by atoms with E-state index >= 15 is 0 Å². The van der Waals surface area contributed by atoms with Gasteiger partial charge in [0.25, 0.3) is 17.3 Å². The Morgan fingerprint density at radius 1 is 1.10 bits per heavy atom. The topological polar surface area (TPSA) is 132 Å². The smallest absolute Gasteiger partial charge is 0.299 e. The molecule has 1 aromatic rings. The highest BCUT2D eigenvalue weighted by Gasteiger charge is 2.30. The van der Waals surface area contributed by atoms with E-state index in [0.717, 1.165) is 19.2 Å². The maximum absolute atomic E-state index is 12.7. The van der Waals surface area contributed by atoms with Crippen molar-refractivity contribution >= 4 is 46.2 Å². The maximum atomic E-state index is 12.7. The fourth-order valence-electron chi connectivity index (χ4n) is 3.21. The summed E-state index contributed by atoms with van der Waals surface area (Å²) in [5, 5.41) is 25.7. The lowest BCUT2D eigenvalue weighted by molar-refractivity contribution is -0.906. The summed E-state index contributed by atoms with van der Waals surface area (Å²) in [4.78, 5) is 37.0. The van der Waals surface area contributed by atoms with Gasteiger partial charge in [-0.3, -0.25) is 25.0 Å². The zero-order chi connectivity index (χ0) is 22.1. The fourth-order valence-corrected chi connectivity index (χ4v) is 3.62. The van der Waals surface area contributed by atoms with Gasteiger partial charge < -0.3 is 19.9 Å². The van der Waals surface area contributed by atoms with Crippen LogP contribution in [0, 0.1) is 20.2 Å². The molecule has 0 bridgehead atoms. The summed E-state index contributed by atoms with van der Waals surface area (Å²) in [6, 6.07) is 1.99. The van der Waals surface area contributed by atoms with E-state index in [1.165, 1.54) is 15.9 Å². The number of rotatable bonds is 11. The van der Waals surface area contributed by atoms with Gasteiger partial charge >= 0.3 is 0 Å². The average Bonchev–Trinajstić information content (AvgIpc) is 2.73. The molecular weight excluding hydrogens is 441 g/mol. The van der Waals surface area contributed by atoms with Gasteiger partial charge in [0.15, 0.2) is 0 Å². The SMILES string of the molecule is O=C(NCC[NH+]1CCOCC1)c1cc(N(CCCl)CCCl)c([N+](=O)[O-])cc1[N+](=O)[O-]. The Hall–Kier alpha value is -2.21. The Bertz CT molecular complexity index is 769. The molecule has 2 N–H and O–H groups in total. The summed E-state index contributed by atoms with van der Waals surface area (Å²) < 4.78 is 5.28. The van der Waals surface area contributed by atoms with E-state index in [4.69, 9.17) is 27.9 Å². The lowest BCUT2D eigenvalue weighted by Gasteiger charge is -2.24. The van der Waals surface area contributed by atoms with Gasteiger partial charge in [-0.25, -0.2) is 0 Å². The highest BCUT2D eigenvalue weighted by Crippen LogP contribution is 2.35. The van der Waals surface area contributed by atoms with Crippen LogP contribution >= 0.6 is 23.2 Å². The summed E-state index contributed by atoms with van der Waals surface area (Å²) in [6.45, 7) is 4.36. The van der Waals surface area contributed by atoms with Crippen LogP contribution in [0.4, 0.5) is 17.1 Å². The van der Waals surface area contributed by atoms with Crippen molar-refractivity contribution in [3.05, 3.63) is 37.9 Å². The molecular formula is C17H24Cl2N5O6+. The second-order valence-corrected chi connectivity index (χ2v) is 7.36. The van der Waals surface area contributed by atoms with Crippen molar-refractivity contribution in [3.63, 3.8) is 0 Å². The number of nitro groups is 2. The first-order valence-electron chi connectivity index (χ1n) is 9.42. The van der Waals surface area contributed by atoms with Crippen molar-refractivity contribution in [2.45, 2.75) is 0 Å². The second-order valence-electron chi connectivity index (χ2n) is 6.61. The molecule has 13 heteroatoms. The number of amides is 1. The standard InChI is InChI=1S/C17H23Cl2N5O6/c18-1-4-22(5-2-19)15-11-13(14(23(26)27)12-16(15)24(28)29)17(25)20-3-6-21-7-9-30-10-8-21/h11-12H,1-10H2,(H,20,25)/p+1. The minimum atomic E-state index is -0.799. The Balaban J connectivity index is 2.30. The number of quaternary nitrogens is 1. The first-order valence-corrected chi connectivity index (χ1v) is 10.5. The fraction of sp³-hybridized carbons (Fsp3) is 0.588. The summed E-state index contributed by atoms with van der Waals surface area (Å²) in [6.07, 6.45) is 0. The van der Waals surface area contributed by atoms with Crippen LogP contribution < -0.4 is 15.1 Å². The molecule has 1 aliphatic rings. The van der Waals surface area contributed by atoms with Crippen LogP contribution in [-0.2, 0) is 4.74 Å². The van der Waals surface area contributed by atoms with Gasteiger partial charge in [0.05, 0.1) is 42.2 Å². The number of hydrogen-bond donors (Lipinski definition) is 2.